The van der Waals surface area contributed by atoms with Crippen molar-refractivity contribution < 1.29 is 0 Å². The van der Waals surface area contributed by atoms with E-state index in [0.717, 1.165) is 6.54 Å². The minimum atomic E-state index is 0.940. The van der Waals surface area contributed by atoms with Gasteiger partial charge in [-0.05, 0) is 72.3 Å². The summed E-state index contributed by atoms with van der Waals surface area (Å²) in [6.45, 7) is 5.27. The maximum Gasteiger partial charge on any atom is 0.0485 e. The van der Waals surface area contributed by atoms with E-state index in [9.17, 15) is 0 Å². The lowest BCUT2D eigenvalue weighted by molar-refractivity contribution is 0.805. The number of fused-ring (bicyclic) bond motifs is 1. The van der Waals surface area contributed by atoms with E-state index in [1.807, 2.05) is 0 Å². The average molecular weight is 361 g/mol. The van der Waals surface area contributed by atoms with Crippen LogP contribution >= 0.6 is 22.6 Å². The first kappa shape index (κ1) is 12.7. The van der Waals surface area contributed by atoms with Crippen LogP contribution in [0, 0.1) is 17.4 Å². The van der Waals surface area contributed by atoms with Crippen LogP contribution in [0.2, 0.25) is 0 Å². The van der Waals surface area contributed by atoms with Crippen LogP contribution in [0.15, 0.2) is 48.5 Å². The lowest BCUT2D eigenvalue weighted by Crippen LogP contribution is -2.01. The van der Waals surface area contributed by atoms with Gasteiger partial charge in [-0.3, -0.25) is 0 Å². The lowest BCUT2D eigenvalue weighted by atomic mass is 10.2. The Balaban J connectivity index is 2.05. The molecule has 2 heteroatoms. The Hall–Kier alpha value is -1.29. The van der Waals surface area contributed by atoms with E-state index in [4.69, 9.17) is 0 Å². The van der Waals surface area contributed by atoms with Gasteiger partial charge < -0.3 is 4.57 Å². The van der Waals surface area contributed by atoms with Crippen molar-refractivity contribution in [1.29, 1.82) is 0 Å². The quantitative estimate of drug-likeness (QED) is 0.572. The summed E-state index contributed by atoms with van der Waals surface area (Å²) in [5.74, 6) is 0. The number of aromatic nitrogens is 1. The predicted octanol–water partition coefficient (Wildman–Crippen LogP) is 4.91. The zero-order chi connectivity index (χ0) is 13.4. The third kappa shape index (κ3) is 2.54. The van der Waals surface area contributed by atoms with Gasteiger partial charge in [0.2, 0.25) is 0 Å². The predicted molar refractivity (Wildman–Crippen MR) is 89.7 cm³/mol. The summed E-state index contributed by atoms with van der Waals surface area (Å²) in [5, 5.41) is 1.34. The van der Waals surface area contributed by atoms with Gasteiger partial charge in [-0.2, -0.15) is 0 Å². The first-order valence-corrected chi connectivity index (χ1v) is 7.52. The number of benzene rings is 2. The second-order valence-electron chi connectivity index (χ2n) is 5.06. The van der Waals surface area contributed by atoms with Gasteiger partial charge >= 0.3 is 0 Å². The van der Waals surface area contributed by atoms with Crippen molar-refractivity contribution in [3.8, 4) is 0 Å². The Bertz CT molecular complexity index is 723. The van der Waals surface area contributed by atoms with E-state index in [-0.39, 0.29) is 0 Å². The lowest BCUT2D eigenvalue weighted by Gasteiger charge is -2.09. The Kier molecular flexibility index (Phi) is 3.35. The molecule has 0 spiro atoms. The number of rotatable bonds is 2. The van der Waals surface area contributed by atoms with Gasteiger partial charge in [0, 0.05) is 26.7 Å². The number of nitrogens with zero attached hydrogens (tertiary/aromatic N) is 1. The third-order valence-corrected chi connectivity index (χ3v) is 4.24. The van der Waals surface area contributed by atoms with Gasteiger partial charge in [0.1, 0.15) is 0 Å². The number of aryl methyl sites for hydroxylation is 2. The highest BCUT2D eigenvalue weighted by molar-refractivity contribution is 14.1. The monoisotopic (exact) mass is 361 g/mol. The summed E-state index contributed by atoms with van der Waals surface area (Å²) in [7, 11) is 0. The molecule has 0 aliphatic heterocycles. The second-order valence-corrected chi connectivity index (χ2v) is 6.31. The molecule has 1 heterocycles. The van der Waals surface area contributed by atoms with Crippen LogP contribution in [-0.2, 0) is 6.54 Å². The molecule has 0 bridgehead atoms. The minimum absolute atomic E-state index is 0.940. The Morgan fingerprint density at radius 1 is 0.947 bits per heavy atom. The number of hydrogen-bond donors (Lipinski definition) is 0. The molecule has 0 amide bonds. The molecule has 0 radical (unpaired) electrons. The largest absolute Gasteiger partial charge is 0.340 e. The fourth-order valence-electron chi connectivity index (χ4n) is 2.51. The maximum atomic E-state index is 2.39. The van der Waals surface area contributed by atoms with Crippen molar-refractivity contribution >= 4 is 33.5 Å². The Labute approximate surface area is 127 Å². The van der Waals surface area contributed by atoms with E-state index >= 15 is 0 Å². The van der Waals surface area contributed by atoms with Crippen LogP contribution in [0.4, 0.5) is 0 Å². The van der Waals surface area contributed by atoms with Crippen LogP contribution < -0.4 is 0 Å². The molecule has 0 saturated carbocycles. The van der Waals surface area contributed by atoms with E-state index in [1.165, 1.54) is 31.3 Å². The SMILES string of the molecule is Cc1ccc2c(c1)cc(C)n2Cc1ccc(I)cc1. The molecule has 0 aliphatic carbocycles. The van der Waals surface area contributed by atoms with Crippen molar-refractivity contribution in [1.82, 2.24) is 4.57 Å². The normalized spacial score (nSPS) is 11.1. The molecular formula is C17H16IN. The van der Waals surface area contributed by atoms with Gasteiger partial charge in [0.05, 0.1) is 0 Å². The molecule has 3 aromatic rings. The standard InChI is InChI=1S/C17H16IN/c1-12-3-8-17-15(9-12)10-13(2)19(17)11-14-4-6-16(18)7-5-14/h3-10H,11H2,1-2H3. The van der Waals surface area contributed by atoms with Crippen LogP contribution in [0.25, 0.3) is 10.9 Å². The molecule has 3 rings (SSSR count). The average Bonchev–Trinajstić information content (AvgIpc) is 2.68. The molecule has 0 saturated heterocycles. The molecule has 0 N–H and O–H groups in total. The fourth-order valence-corrected chi connectivity index (χ4v) is 2.87. The van der Waals surface area contributed by atoms with Crippen molar-refractivity contribution in [2.75, 3.05) is 0 Å². The van der Waals surface area contributed by atoms with E-state index in [0.29, 0.717) is 0 Å². The third-order valence-electron chi connectivity index (χ3n) is 3.52. The van der Waals surface area contributed by atoms with Crippen LogP contribution in [0.3, 0.4) is 0 Å². The van der Waals surface area contributed by atoms with Gasteiger partial charge in [-0.1, -0.05) is 23.8 Å². The first-order valence-electron chi connectivity index (χ1n) is 6.44. The maximum absolute atomic E-state index is 2.39. The summed E-state index contributed by atoms with van der Waals surface area (Å²) in [6.07, 6.45) is 0. The van der Waals surface area contributed by atoms with Crippen LogP contribution in [-0.4, -0.2) is 4.57 Å². The highest BCUT2D eigenvalue weighted by Crippen LogP contribution is 2.22. The van der Waals surface area contributed by atoms with Crippen molar-refractivity contribution in [3.05, 3.63) is 68.9 Å². The second kappa shape index (κ2) is 5.00. The zero-order valence-electron chi connectivity index (χ0n) is 11.2. The topological polar surface area (TPSA) is 4.93 Å². The molecule has 1 nitrogen and oxygen atoms in total. The Morgan fingerprint density at radius 3 is 2.42 bits per heavy atom. The molecule has 0 atom stereocenters. The van der Waals surface area contributed by atoms with E-state index in [1.54, 1.807) is 0 Å². The van der Waals surface area contributed by atoms with Crippen molar-refractivity contribution in [2.24, 2.45) is 0 Å². The highest BCUT2D eigenvalue weighted by Gasteiger charge is 2.06. The van der Waals surface area contributed by atoms with Gasteiger partial charge in [-0.15, -0.1) is 0 Å². The van der Waals surface area contributed by atoms with Gasteiger partial charge in [-0.25, -0.2) is 0 Å². The molecule has 19 heavy (non-hydrogen) atoms. The minimum Gasteiger partial charge on any atom is -0.340 e. The summed E-state index contributed by atoms with van der Waals surface area (Å²) in [5.41, 5.74) is 5.31. The summed E-state index contributed by atoms with van der Waals surface area (Å²) >= 11 is 2.34. The van der Waals surface area contributed by atoms with E-state index in [2.05, 4.69) is 89.5 Å². The molecule has 96 valence electrons. The molecular weight excluding hydrogens is 345 g/mol. The highest BCUT2D eigenvalue weighted by atomic mass is 127. The molecule has 0 fully saturated rings. The summed E-state index contributed by atoms with van der Waals surface area (Å²) in [4.78, 5) is 0. The fraction of sp³-hybridized carbons (Fsp3) is 0.176. The number of halogens is 1. The first-order chi connectivity index (χ1) is 9.13. The summed E-state index contributed by atoms with van der Waals surface area (Å²) < 4.78 is 3.67. The smallest absolute Gasteiger partial charge is 0.0485 e. The molecule has 2 aromatic carbocycles. The van der Waals surface area contributed by atoms with Crippen LogP contribution in [0.1, 0.15) is 16.8 Å². The Morgan fingerprint density at radius 2 is 1.68 bits per heavy atom. The molecule has 1 aromatic heterocycles. The molecule has 0 unspecified atom stereocenters. The van der Waals surface area contributed by atoms with Gasteiger partial charge in [0.25, 0.3) is 0 Å². The number of hydrogen-bond acceptors (Lipinski definition) is 0. The van der Waals surface area contributed by atoms with E-state index < -0.39 is 0 Å². The van der Waals surface area contributed by atoms with Gasteiger partial charge in [0.15, 0.2) is 0 Å². The molecule has 0 aliphatic rings. The van der Waals surface area contributed by atoms with Crippen molar-refractivity contribution in [2.45, 2.75) is 20.4 Å². The van der Waals surface area contributed by atoms with Crippen LogP contribution in [0.5, 0.6) is 0 Å². The van der Waals surface area contributed by atoms with Crippen molar-refractivity contribution in [3.63, 3.8) is 0 Å². The summed E-state index contributed by atoms with van der Waals surface area (Å²) in [6, 6.07) is 17.7. The zero-order valence-corrected chi connectivity index (χ0v) is 13.3.